The first kappa shape index (κ1) is 28.3. The Hall–Kier alpha value is -3.69. The summed E-state index contributed by atoms with van der Waals surface area (Å²) in [6.07, 6.45) is 4.51. The van der Waals surface area contributed by atoms with Crippen molar-refractivity contribution in [3.63, 3.8) is 0 Å². The van der Waals surface area contributed by atoms with Crippen molar-refractivity contribution in [2.45, 2.75) is 52.3 Å². The second-order valence-corrected chi connectivity index (χ2v) is 10.8. The summed E-state index contributed by atoms with van der Waals surface area (Å²) < 4.78 is 8.70. The van der Waals surface area contributed by atoms with Crippen molar-refractivity contribution in [1.82, 2.24) is 20.0 Å². The van der Waals surface area contributed by atoms with Crippen molar-refractivity contribution in [2.75, 3.05) is 6.54 Å². The Morgan fingerprint density at radius 1 is 1.10 bits per heavy atom. The number of benzene rings is 2. The van der Waals surface area contributed by atoms with E-state index in [1.807, 2.05) is 86.1 Å². The van der Waals surface area contributed by atoms with Crippen LogP contribution in [0.3, 0.4) is 0 Å². The lowest BCUT2D eigenvalue weighted by Gasteiger charge is -2.21. The normalized spacial score (nSPS) is 12.8. The molecule has 4 N–H and O–H groups in total. The zero-order chi connectivity index (χ0) is 28.1. The highest BCUT2D eigenvalue weighted by Gasteiger charge is 2.18. The Bertz CT molecular complexity index is 1460. The van der Waals surface area contributed by atoms with Crippen LogP contribution in [0.4, 0.5) is 0 Å². The first-order chi connectivity index (χ1) is 18.6. The van der Waals surface area contributed by atoms with E-state index >= 15 is 0 Å². The van der Waals surface area contributed by atoms with E-state index < -0.39 is 6.04 Å². The van der Waals surface area contributed by atoms with Gasteiger partial charge in [0.2, 0.25) is 5.91 Å². The number of amides is 2. The lowest BCUT2D eigenvalue weighted by atomic mass is 10.0. The van der Waals surface area contributed by atoms with E-state index in [0.717, 1.165) is 38.3 Å². The number of pyridine rings is 1. The van der Waals surface area contributed by atoms with Crippen molar-refractivity contribution in [3.8, 4) is 17.0 Å². The maximum absolute atomic E-state index is 13.2. The van der Waals surface area contributed by atoms with Crippen LogP contribution in [0, 0.1) is 6.92 Å². The quantitative estimate of drug-likeness (QED) is 0.248. The standard InChI is InChI=1S/C30H34BrN5O3/c1-18(2)39-27-12-11-23(14-19(27)3)30(38)34-24(16-33-29(37)20(4)32)15-21-7-9-22(10-8-21)26-17-36-13-5-6-25(31)28(36)35-26/h5-14,17-18,20,24H,15-16,32H2,1-4H3,(H,33,37)(H,34,38)/t20-,24-/m0/s1. The van der Waals surface area contributed by atoms with Crippen LogP contribution in [0.2, 0.25) is 0 Å². The van der Waals surface area contributed by atoms with Gasteiger partial charge >= 0.3 is 0 Å². The number of fused-ring (bicyclic) bond motifs is 1. The van der Waals surface area contributed by atoms with E-state index in [4.69, 9.17) is 15.5 Å². The van der Waals surface area contributed by atoms with Crippen LogP contribution in [-0.2, 0) is 11.2 Å². The van der Waals surface area contributed by atoms with Crippen molar-refractivity contribution < 1.29 is 14.3 Å². The predicted molar refractivity (Wildman–Crippen MR) is 157 cm³/mol. The number of rotatable bonds is 10. The molecule has 2 aromatic heterocycles. The number of hydrogen-bond donors (Lipinski definition) is 3. The number of nitrogens with two attached hydrogens (primary N) is 1. The van der Waals surface area contributed by atoms with Crippen molar-refractivity contribution >= 4 is 33.4 Å². The molecule has 2 atom stereocenters. The van der Waals surface area contributed by atoms with Gasteiger partial charge in [0.15, 0.2) is 5.65 Å². The Balaban J connectivity index is 1.49. The van der Waals surface area contributed by atoms with Gasteiger partial charge in [-0.2, -0.15) is 0 Å². The number of carbonyl (C=O) groups excluding carboxylic acids is 2. The first-order valence-electron chi connectivity index (χ1n) is 12.9. The van der Waals surface area contributed by atoms with E-state index in [1.165, 1.54) is 0 Å². The van der Waals surface area contributed by atoms with E-state index in [9.17, 15) is 9.59 Å². The number of imidazole rings is 1. The Kier molecular flexibility index (Phi) is 9.04. The predicted octanol–water partition coefficient (Wildman–Crippen LogP) is 4.66. The van der Waals surface area contributed by atoms with Crippen LogP contribution < -0.4 is 21.1 Å². The molecule has 39 heavy (non-hydrogen) atoms. The van der Waals surface area contributed by atoms with E-state index in [1.54, 1.807) is 13.0 Å². The van der Waals surface area contributed by atoms with Gasteiger partial charge in [-0.25, -0.2) is 4.98 Å². The molecule has 0 bridgehead atoms. The fourth-order valence-electron chi connectivity index (χ4n) is 4.22. The van der Waals surface area contributed by atoms with Gasteiger partial charge in [0, 0.05) is 30.1 Å². The molecule has 8 nitrogen and oxygen atoms in total. The molecule has 4 aromatic rings. The summed E-state index contributed by atoms with van der Waals surface area (Å²) in [6, 6.07) is 16.4. The minimum absolute atomic E-state index is 0.0438. The molecule has 4 rings (SSSR count). The highest BCUT2D eigenvalue weighted by molar-refractivity contribution is 9.10. The van der Waals surface area contributed by atoms with Gasteiger partial charge in [0.1, 0.15) is 5.75 Å². The fourth-order valence-corrected chi connectivity index (χ4v) is 4.66. The molecule has 0 aliphatic carbocycles. The summed E-state index contributed by atoms with van der Waals surface area (Å²) >= 11 is 3.55. The second-order valence-electron chi connectivity index (χ2n) is 9.97. The number of halogens is 1. The smallest absolute Gasteiger partial charge is 0.251 e. The van der Waals surface area contributed by atoms with Gasteiger partial charge in [0.25, 0.3) is 5.91 Å². The topological polar surface area (TPSA) is 111 Å². The van der Waals surface area contributed by atoms with Crippen LogP contribution in [-0.4, -0.2) is 45.9 Å². The first-order valence-corrected chi connectivity index (χ1v) is 13.7. The van der Waals surface area contributed by atoms with E-state index in [-0.39, 0.29) is 30.5 Å². The minimum atomic E-state index is -0.637. The van der Waals surface area contributed by atoms with Gasteiger partial charge in [-0.3, -0.25) is 9.59 Å². The maximum Gasteiger partial charge on any atom is 0.251 e. The number of aromatic nitrogens is 2. The molecule has 204 valence electrons. The lowest BCUT2D eigenvalue weighted by molar-refractivity contribution is -0.122. The summed E-state index contributed by atoms with van der Waals surface area (Å²) in [5.74, 6) is 0.259. The number of ether oxygens (including phenoxy) is 1. The number of carbonyl (C=O) groups is 2. The summed E-state index contributed by atoms with van der Waals surface area (Å²) in [5.41, 5.74) is 10.8. The zero-order valence-corrected chi connectivity index (χ0v) is 24.2. The molecule has 0 saturated carbocycles. The molecule has 0 fully saturated rings. The molecular weight excluding hydrogens is 558 g/mol. The molecule has 9 heteroatoms. The fraction of sp³-hybridized carbons (Fsp3) is 0.300. The summed E-state index contributed by atoms with van der Waals surface area (Å²) in [7, 11) is 0. The number of nitrogens with one attached hydrogen (secondary N) is 2. The number of aryl methyl sites for hydroxylation is 1. The summed E-state index contributed by atoms with van der Waals surface area (Å²) in [5, 5.41) is 5.92. The average molecular weight is 593 g/mol. The van der Waals surface area contributed by atoms with Gasteiger partial charge in [-0.05, 0) is 91.5 Å². The summed E-state index contributed by atoms with van der Waals surface area (Å²) in [4.78, 5) is 30.0. The second kappa shape index (κ2) is 12.4. The number of hydrogen-bond acceptors (Lipinski definition) is 5. The molecule has 0 aliphatic rings. The third-order valence-corrected chi connectivity index (χ3v) is 6.86. The SMILES string of the molecule is Cc1cc(C(=O)N[C@H](CNC(=O)[C@H](C)N)Cc2ccc(-c3cn4cccc(Br)c4n3)cc2)ccc1OC(C)C. The third-order valence-electron chi connectivity index (χ3n) is 6.24. The minimum Gasteiger partial charge on any atom is -0.491 e. The van der Waals surface area contributed by atoms with E-state index in [0.29, 0.717) is 12.0 Å². The Labute approximate surface area is 237 Å². The zero-order valence-electron chi connectivity index (χ0n) is 22.6. The molecular formula is C30H34BrN5O3. The van der Waals surface area contributed by atoms with Crippen LogP contribution in [0.1, 0.15) is 42.3 Å². The van der Waals surface area contributed by atoms with Gasteiger partial charge in [0.05, 0.1) is 28.4 Å². The highest BCUT2D eigenvalue weighted by Crippen LogP contribution is 2.24. The van der Waals surface area contributed by atoms with Crippen molar-refractivity contribution in [1.29, 1.82) is 0 Å². The van der Waals surface area contributed by atoms with Gasteiger partial charge in [-0.1, -0.05) is 24.3 Å². The average Bonchev–Trinajstić information content (AvgIpc) is 3.34. The molecule has 2 aromatic carbocycles. The third kappa shape index (κ3) is 7.25. The molecule has 2 amide bonds. The van der Waals surface area contributed by atoms with Crippen LogP contribution in [0.5, 0.6) is 5.75 Å². The largest absolute Gasteiger partial charge is 0.491 e. The van der Waals surface area contributed by atoms with Crippen molar-refractivity contribution in [3.05, 3.63) is 88.2 Å². The molecule has 0 spiro atoms. The van der Waals surface area contributed by atoms with E-state index in [2.05, 4.69) is 26.6 Å². The Morgan fingerprint density at radius 3 is 2.49 bits per heavy atom. The monoisotopic (exact) mass is 591 g/mol. The highest BCUT2D eigenvalue weighted by atomic mass is 79.9. The van der Waals surface area contributed by atoms with Crippen molar-refractivity contribution in [2.24, 2.45) is 5.73 Å². The summed E-state index contributed by atoms with van der Waals surface area (Å²) in [6.45, 7) is 7.72. The van der Waals surface area contributed by atoms with Gasteiger partial charge < -0.3 is 25.5 Å². The molecule has 0 unspecified atom stereocenters. The maximum atomic E-state index is 13.2. The van der Waals surface area contributed by atoms with Gasteiger partial charge in [-0.15, -0.1) is 0 Å². The number of nitrogens with zero attached hydrogens (tertiary/aromatic N) is 2. The lowest BCUT2D eigenvalue weighted by Crippen LogP contribution is -2.48. The molecule has 0 saturated heterocycles. The van der Waals surface area contributed by atoms with Crippen LogP contribution in [0.25, 0.3) is 16.9 Å². The Morgan fingerprint density at radius 2 is 1.85 bits per heavy atom. The molecule has 2 heterocycles. The molecule has 0 radical (unpaired) electrons. The van der Waals surface area contributed by atoms with Crippen LogP contribution in [0.15, 0.2) is 71.5 Å². The molecule has 0 aliphatic heterocycles. The van der Waals surface area contributed by atoms with Crippen LogP contribution >= 0.6 is 15.9 Å².